The lowest BCUT2D eigenvalue weighted by Gasteiger charge is -2.13. The zero-order valence-corrected chi connectivity index (χ0v) is 9.22. The van der Waals surface area contributed by atoms with E-state index in [1.165, 1.54) is 6.07 Å². The molecule has 84 valence electrons. The monoisotopic (exact) mass is 212 g/mol. The molecule has 0 saturated heterocycles. The van der Waals surface area contributed by atoms with E-state index in [-0.39, 0.29) is 12.4 Å². The van der Waals surface area contributed by atoms with Crippen molar-refractivity contribution in [3.8, 4) is 5.75 Å². The predicted molar refractivity (Wildman–Crippen MR) is 57.7 cm³/mol. The standard InChI is InChI=1S/C12H17FO2/c1-3-9-6-7-11(13)10(5-4-8-14)12(9)15-2/h6-7,14H,3-5,8H2,1-2H3. The molecular formula is C12H17FO2. The maximum absolute atomic E-state index is 13.5. The first kappa shape index (κ1) is 12.0. The summed E-state index contributed by atoms with van der Waals surface area (Å²) < 4.78 is 18.7. The van der Waals surface area contributed by atoms with Gasteiger partial charge in [-0.25, -0.2) is 4.39 Å². The normalized spacial score (nSPS) is 10.4. The summed E-state index contributed by atoms with van der Waals surface area (Å²) in [5, 5.41) is 8.75. The third kappa shape index (κ3) is 2.69. The Morgan fingerprint density at radius 3 is 2.67 bits per heavy atom. The summed E-state index contributed by atoms with van der Waals surface area (Å²) in [6, 6.07) is 3.21. The minimum atomic E-state index is -0.252. The molecule has 0 heterocycles. The van der Waals surface area contributed by atoms with Crippen LogP contribution in [0.25, 0.3) is 0 Å². The molecule has 0 saturated carbocycles. The number of halogens is 1. The average Bonchev–Trinajstić information content (AvgIpc) is 2.27. The first-order chi connectivity index (χ1) is 7.24. The SMILES string of the molecule is CCc1ccc(F)c(CCCO)c1OC. The molecule has 1 aromatic rings. The van der Waals surface area contributed by atoms with E-state index < -0.39 is 0 Å². The van der Waals surface area contributed by atoms with Crippen molar-refractivity contribution in [2.75, 3.05) is 13.7 Å². The number of benzene rings is 1. The summed E-state index contributed by atoms with van der Waals surface area (Å²) in [6.45, 7) is 2.07. The molecule has 15 heavy (non-hydrogen) atoms. The van der Waals surface area contributed by atoms with Gasteiger partial charge in [-0.05, 0) is 30.9 Å². The van der Waals surface area contributed by atoms with Gasteiger partial charge in [0.15, 0.2) is 0 Å². The molecule has 0 unspecified atom stereocenters. The Bertz CT molecular complexity index is 324. The molecule has 0 aliphatic heterocycles. The van der Waals surface area contributed by atoms with Crippen LogP contribution in [0.1, 0.15) is 24.5 Å². The number of ether oxygens (including phenoxy) is 1. The number of aliphatic hydroxyl groups is 1. The van der Waals surface area contributed by atoms with Gasteiger partial charge in [-0.2, -0.15) is 0 Å². The number of aryl methyl sites for hydroxylation is 1. The highest BCUT2D eigenvalue weighted by molar-refractivity contribution is 5.42. The van der Waals surface area contributed by atoms with E-state index in [9.17, 15) is 4.39 Å². The van der Waals surface area contributed by atoms with Crippen molar-refractivity contribution in [2.24, 2.45) is 0 Å². The van der Waals surface area contributed by atoms with Gasteiger partial charge in [-0.3, -0.25) is 0 Å². The lowest BCUT2D eigenvalue weighted by atomic mass is 10.0. The van der Waals surface area contributed by atoms with E-state index in [0.29, 0.717) is 24.2 Å². The van der Waals surface area contributed by atoms with Crippen LogP contribution in [0.15, 0.2) is 12.1 Å². The molecular weight excluding hydrogens is 195 g/mol. The lowest BCUT2D eigenvalue weighted by Crippen LogP contribution is -2.01. The molecule has 1 N–H and O–H groups in total. The Kier molecular flexibility index (Phi) is 4.56. The van der Waals surface area contributed by atoms with Crippen LogP contribution in [0.5, 0.6) is 5.75 Å². The van der Waals surface area contributed by atoms with Gasteiger partial charge in [0.05, 0.1) is 7.11 Å². The summed E-state index contributed by atoms with van der Waals surface area (Å²) in [5.41, 5.74) is 1.58. The third-order valence-electron chi connectivity index (χ3n) is 2.45. The highest BCUT2D eigenvalue weighted by Crippen LogP contribution is 2.28. The maximum atomic E-state index is 13.5. The molecule has 0 aromatic heterocycles. The van der Waals surface area contributed by atoms with Crippen molar-refractivity contribution < 1.29 is 14.2 Å². The van der Waals surface area contributed by atoms with Crippen LogP contribution in [0.2, 0.25) is 0 Å². The van der Waals surface area contributed by atoms with Crippen LogP contribution in [-0.2, 0) is 12.8 Å². The summed E-state index contributed by atoms with van der Waals surface area (Å²) >= 11 is 0. The number of methoxy groups -OCH3 is 1. The minimum absolute atomic E-state index is 0.0684. The van der Waals surface area contributed by atoms with Crippen LogP contribution >= 0.6 is 0 Å². The van der Waals surface area contributed by atoms with Crippen molar-refractivity contribution in [1.82, 2.24) is 0 Å². The van der Waals surface area contributed by atoms with Crippen LogP contribution in [-0.4, -0.2) is 18.8 Å². The molecule has 0 atom stereocenters. The van der Waals surface area contributed by atoms with E-state index in [0.717, 1.165) is 12.0 Å². The smallest absolute Gasteiger partial charge is 0.130 e. The highest BCUT2D eigenvalue weighted by atomic mass is 19.1. The van der Waals surface area contributed by atoms with Gasteiger partial charge < -0.3 is 9.84 Å². The first-order valence-electron chi connectivity index (χ1n) is 5.19. The number of aliphatic hydroxyl groups excluding tert-OH is 1. The summed E-state index contributed by atoms with van der Waals surface area (Å²) in [4.78, 5) is 0. The number of hydrogen-bond donors (Lipinski definition) is 1. The molecule has 0 spiro atoms. The average molecular weight is 212 g/mol. The van der Waals surface area contributed by atoms with Gasteiger partial charge in [0.25, 0.3) is 0 Å². The number of rotatable bonds is 5. The zero-order chi connectivity index (χ0) is 11.3. The third-order valence-corrected chi connectivity index (χ3v) is 2.45. The highest BCUT2D eigenvalue weighted by Gasteiger charge is 2.12. The van der Waals surface area contributed by atoms with Gasteiger partial charge >= 0.3 is 0 Å². The van der Waals surface area contributed by atoms with Crippen molar-refractivity contribution in [2.45, 2.75) is 26.2 Å². The van der Waals surface area contributed by atoms with E-state index in [4.69, 9.17) is 9.84 Å². The van der Waals surface area contributed by atoms with Gasteiger partial charge in [-0.15, -0.1) is 0 Å². The fourth-order valence-corrected chi connectivity index (χ4v) is 1.67. The molecule has 0 aliphatic carbocycles. The largest absolute Gasteiger partial charge is 0.496 e. The Morgan fingerprint density at radius 2 is 2.13 bits per heavy atom. The predicted octanol–water partition coefficient (Wildman–Crippen LogP) is 2.32. The van der Waals surface area contributed by atoms with Crippen LogP contribution in [0.4, 0.5) is 4.39 Å². The first-order valence-corrected chi connectivity index (χ1v) is 5.19. The molecule has 3 heteroatoms. The lowest BCUT2D eigenvalue weighted by molar-refractivity contribution is 0.287. The van der Waals surface area contributed by atoms with E-state index in [1.54, 1.807) is 13.2 Å². The van der Waals surface area contributed by atoms with Crippen LogP contribution < -0.4 is 4.74 Å². The number of hydrogen-bond acceptors (Lipinski definition) is 2. The molecule has 0 radical (unpaired) electrons. The zero-order valence-electron chi connectivity index (χ0n) is 9.22. The minimum Gasteiger partial charge on any atom is -0.496 e. The van der Waals surface area contributed by atoms with E-state index in [2.05, 4.69) is 0 Å². The second-order valence-electron chi connectivity index (χ2n) is 3.40. The summed E-state index contributed by atoms with van der Waals surface area (Å²) in [7, 11) is 1.55. The molecule has 0 bridgehead atoms. The van der Waals surface area contributed by atoms with Crippen LogP contribution in [0.3, 0.4) is 0 Å². The summed E-state index contributed by atoms with van der Waals surface area (Å²) in [6.07, 6.45) is 1.88. The van der Waals surface area contributed by atoms with Gasteiger partial charge in [-0.1, -0.05) is 13.0 Å². The topological polar surface area (TPSA) is 29.5 Å². The Balaban J connectivity index is 3.07. The molecule has 1 rings (SSSR count). The van der Waals surface area contributed by atoms with E-state index >= 15 is 0 Å². The van der Waals surface area contributed by atoms with Crippen molar-refractivity contribution in [3.63, 3.8) is 0 Å². The second kappa shape index (κ2) is 5.71. The Hall–Kier alpha value is -1.09. The van der Waals surface area contributed by atoms with Crippen molar-refractivity contribution >= 4 is 0 Å². The summed E-state index contributed by atoms with van der Waals surface area (Å²) in [5.74, 6) is 0.378. The Labute approximate surface area is 89.7 Å². The van der Waals surface area contributed by atoms with Crippen LogP contribution in [0, 0.1) is 5.82 Å². The van der Waals surface area contributed by atoms with Gasteiger partial charge in [0.1, 0.15) is 11.6 Å². The molecule has 2 nitrogen and oxygen atoms in total. The van der Waals surface area contributed by atoms with Gasteiger partial charge in [0.2, 0.25) is 0 Å². The maximum Gasteiger partial charge on any atom is 0.130 e. The van der Waals surface area contributed by atoms with Crippen molar-refractivity contribution in [1.29, 1.82) is 0 Å². The fourth-order valence-electron chi connectivity index (χ4n) is 1.67. The van der Waals surface area contributed by atoms with Crippen molar-refractivity contribution in [3.05, 3.63) is 29.1 Å². The molecule has 0 amide bonds. The second-order valence-corrected chi connectivity index (χ2v) is 3.40. The molecule has 1 aromatic carbocycles. The fraction of sp³-hybridized carbons (Fsp3) is 0.500. The molecule has 0 aliphatic rings. The van der Waals surface area contributed by atoms with E-state index in [1.807, 2.05) is 6.92 Å². The Morgan fingerprint density at radius 1 is 1.40 bits per heavy atom. The van der Waals surface area contributed by atoms with Gasteiger partial charge in [0, 0.05) is 12.2 Å². The quantitative estimate of drug-likeness (QED) is 0.811. The molecule has 0 fully saturated rings.